The van der Waals surface area contributed by atoms with Gasteiger partial charge >= 0.3 is 0 Å². The van der Waals surface area contributed by atoms with Gasteiger partial charge < -0.3 is 10.2 Å². The Labute approximate surface area is 139 Å². The van der Waals surface area contributed by atoms with E-state index in [4.69, 9.17) is 0 Å². The predicted octanol–water partition coefficient (Wildman–Crippen LogP) is 2.28. The molecule has 2 heterocycles. The lowest BCUT2D eigenvalue weighted by molar-refractivity contribution is -0.122. The Balaban J connectivity index is 1.66. The minimum absolute atomic E-state index is 0.0265. The van der Waals surface area contributed by atoms with Gasteiger partial charge in [0.05, 0.1) is 17.8 Å². The van der Waals surface area contributed by atoms with Crippen molar-refractivity contribution in [2.24, 2.45) is 5.92 Å². The topological polar surface area (TPSA) is 79.4 Å². The number of benzene rings is 1. The minimum atomic E-state index is -0.412. The summed E-state index contributed by atoms with van der Waals surface area (Å²) in [5.41, 5.74) is 1.90. The maximum atomic E-state index is 12.4. The fourth-order valence-electron chi connectivity index (χ4n) is 2.68. The van der Waals surface area contributed by atoms with Crippen molar-refractivity contribution in [3.8, 4) is 0 Å². The highest BCUT2D eigenvalue weighted by Crippen LogP contribution is 2.25. The smallest absolute Gasteiger partial charge is 0.229 e. The van der Waals surface area contributed by atoms with Gasteiger partial charge in [0.15, 0.2) is 5.78 Å². The number of rotatable bonds is 4. The van der Waals surface area contributed by atoms with Crippen molar-refractivity contribution in [2.45, 2.75) is 13.3 Å². The van der Waals surface area contributed by atoms with E-state index in [1.807, 2.05) is 0 Å². The van der Waals surface area contributed by atoms with Gasteiger partial charge in [-0.15, -0.1) is 0 Å². The fourth-order valence-corrected chi connectivity index (χ4v) is 2.68. The third-order valence-corrected chi connectivity index (χ3v) is 4.01. The second kappa shape index (κ2) is 6.62. The van der Waals surface area contributed by atoms with Crippen LogP contribution >= 0.6 is 0 Å². The van der Waals surface area contributed by atoms with Crippen LogP contribution in [0.2, 0.25) is 0 Å². The first-order valence-corrected chi connectivity index (χ1v) is 7.67. The van der Waals surface area contributed by atoms with Crippen molar-refractivity contribution in [3.63, 3.8) is 0 Å². The first-order valence-electron chi connectivity index (χ1n) is 7.67. The lowest BCUT2D eigenvalue weighted by Gasteiger charge is -2.16. The number of Topliss-reactive ketones (excluding diaryl/α,β-unsaturated/α-hetero) is 1. The number of amides is 2. The van der Waals surface area contributed by atoms with Crippen molar-refractivity contribution in [2.75, 3.05) is 16.8 Å². The molecule has 6 nitrogen and oxygen atoms in total. The Morgan fingerprint density at radius 2 is 1.96 bits per heavy atom. The predicted molar refractivity (Wildman–Crippen MR) is 89.8 cm³/mol. The van der Waals surface area contributed by atoms with Crippen molar-refractivity contribution in [1.29, 1.82) is 0 Å². The van der Waals surface area contributed by atoms with Gasteiger partial charge in [-0.05, 0) is 43.3 Å². The number of carbonyl (C=O) groups is 3. The monoisotopic (exact) mass is 323 g/mol. The third-order valence-electron chi connectivity index (χ3n) is 4.01. The molecule has 1 aliphatic heterocycles. The van der Waals surface area contributed by atoms with Gasteiger partial charge in [0.1, 0.15) is 0 Å². The number of ketones is 1. The summed E-state index contributed by atoms with van der Waals surface area (Å²) >= 11 is 0. The summed E-state index contributed by atoms with van der Waals surface area (Å²) in [5, 5.41) is 2.80. The van der Waals surface area contributed by atoms with Crippen LogP contribution in [0.15, 0.2) is 48.8 Å². The van der Waals surface area contributed by atoms with Crippen LogP contribution in [-0.4, -0.2) is 29.1 Å². The van der Waals surface area contributed by atoms with Gasteiger partial charge in [-0.3, -0.25) is 19.4 Å². The van der Waals surface area contributed by atoms with Crippen LogP contribution in [0.3, 0.4) is 0 Å². The number of pyridine rings is 1. The Bertz CT molecular complexity index is 772. The summed E-state index contributed by atoms with van der Waals surface area (Å²) in [6, 6.07) is 10.3. The van der Waals surface area contributed by atoms with E-state index in [0.717, 1.165) is 0 Å². The molecule has 1 aliphatic rings. The summed E-state index contributed by atoms with van der Waals surface area (Å²) < 4.78 is 0. The van der Waals surface area contributed by atoms with Crippen LogP contribution in [0.25, 0.3) is 0 Å². The average Bonchev–Trinajstić information content (AvgIpc) is 2.98. The highest BCUT2D eigenvalue weighted by Gasteiger charge is 2.35. The molecule has 0 aliphatic carbocycles. The molecule has 1 atom stereocenters. The number of carbonyl (C=O) groups excluding carboxylic acids is 3. The molecule has 1 fully saturated rings. The second-order valence-electron chi connectivity index (χ2n) is 5.74. The molecule has 2 aromatic rings. The number of hydrogen-bond acceptors (Lipinski definition) is 4. The van der Waals surface area contributed by atoms with E-state index in [0.29, 0.717) is 23.5 Å². The number of hydrogen-bond donors (Lipinski definition) is 1. The quantitative estimate of drug-likeness (QED) is 0.876. The van der Waals surface area contributed by atoms with Crippen molar-refractivity contribution < 1.29 is 14.4 Å². The third kappa shape index (κ3) is 3.32. The lowest BCUT2D eigenvalue weighted by atomic mass is 10.1. The van der Waals surface area contributed by atoms with Crippen LogP contribution in [0.4, 0.5) is 11.4 Å². The molecule has 6 heteroatoms. The number of anilines is 2. The molecule has 1 unspecified atom stereocenters. The van der Waals surface area contributed by atoms with E-state index in [9.17, 15) is 14.4 Å². The molecule has 0 spiro atoms. The Morgan fingerprint density at radius 1 is 1.21 bits per heavy atom. The van der Waals surface area contributed by atoms with E-state index in [-0.39, 0.29) is 24.0 Å². The Kier molecular flexibility index (Phi) is 4.37. The summed E-state index contributed by atoms with van der Waals surface area (Å²) in [6.45, 7) is 1.83. The zero-order valence-corrected chi connectivity index (χ0v) is 13.2. The van der Waals surface area contributed by atoms with Gasteiger partial charge in [-0.25, -0.2) is 0 Å². The van der Waals surface area contributed by atoms with Crippen LogP contribution in [0.1, 0.15) is 23.7 Å². The highest BCUT2D eigenvalue weighted by molar-refractivity contribution is 6.03. The zero-order valence-electron chi connectivity index (χ0n) is 13.2. The van der Waals surface area contributed by atoms with E-state index < -0.39 is 5.92 Å². The fraction of sp³-hybridized carbons (Fsp3) is 0.222. The summed E-state index contributed by atoms with van der Waals surface area (Å²) in [4.78, 5) is 41.4. The van der Waals surface area contributed by atoms with Crippen LogP contribution in [-0.2, 0) is 9.59 Å². The largest absolute Gasteiger partial charge is 0.326 e. The highest BCUT2D eigenvalue weighted by atomic mass is 16.2. The first-order chi connectivity index (χ1) is 11.5. The number of nitrogens with zero attached hydrogens (tertiary/aromatic N) is 2. The standard InChI is InChI=1S/C18H17N3O3/c1-12(22)13-4-6-15(7-5-13)20-18(24)14-9-17(23)21(11-14)16-3-2-8-19-10-16/h2-8,10,14H,9,11H2,1H3,(H,20,24). The SMILES string of the molecule is CC(=O)c1ccc(NC(=O)C2CC(=O)N(c3cccnc3)C2)cc1. The molecule has 1 saturated heterocycles. The zero-order chi connectivity index (χ0) is 17.1. The van der Waals surface area contributed by atoms with Crippen molar-refractivity contribution in [3.05, 3.63) is 54.4 Å². The molecule has 1 N–H and O–H groups in total. The van der Waals surface area contributed by atoms with Crippen molar-refractivity contribution >= 4 is 29.0 Å². The molecule has 24 heavy (non-hydrogen) atoms. The molecule has 122 valence electrons. The van der Waals surface area contributed by atoms with Crippen molar-refractivity contribution in [1.82, 2.24) is 4.98 Å². The van der Waals surface area contributed by atoms with Gasteiger partial charge in [-0.2, -0.15) is 0 Å². The summed E-state index contributed by atoms with van der Waals surface area (Å²) in [5.74, 6) is -0.730. The number of aromatic nitrogens is 1. The lowest BCUT2D eigenvalue weighted by Crippen LogP contribution is -2.28. The van der Waals surface area contributed by atoms with Crippen LogP contribution in [0, 0.1) is 5.92 Å². The number of nitrogens with one attached hydrogen (secondary N) is 1. The van der Waals surface area contributed by atoms with E-state index in [2.05, 4.69) is 10.3 Å². The molecule has 1 aromatic heterocycles. The van der Waals surface area contributed by atoms with Crippen LogP contribution < -0.4 is 10.2 Å². The van der Waals surface area contributed by atoms with Crippen LogP contribution in [0.5, 0.6) is 0 Å². The molecule has 1 aromatic carbocycles. The molecular weight excluding hydrogens is 306 g/mol. The first kappa shape index (κ1) is 15.9. The molecule has 0 bridgehead atoms. The summed E-state index contributed by atoms with van der Waals surface area (Å²) in [7, 11) is 0. The van der Waals surface area contributed by atoms with Gasteiger partial charge in [0.2, 0.25) is 11.8 Å². The average molecular weight is 323 g/mol. The van der Waals surface area contributed by atoms with E-state index in [1.165, 1.54) is 6.92 Å². The molecule has 2 amide bonds. The van der Waals surface area contributed by atoms with Gasteiger partial charge in [0, 0.05) is 30.4 Å². The van der Waals surface area contributed by atoms with E-state index >= 15 is 0 Å². The molecular formula is C18H17N3O3. The van der Waals surface area contributed by atoms with Gasteiger partial charge in [-0.1, -0.05) is 0 Å². The van der Waals surface area contributed by atoms with E-state index in [1.54, 1.807) is 53.7 Å². The molecule has 0 radical (unpaired) electrons. The maximum Gasteiger partial charge on any atom is 0.229 e. The molecule has 3 rings (SSSR count). The van der Waals surface area contributed by atoms with Gasteiger partial charge in [0.25, 0.3) is 0 Å². The molecule has 0 saturated carbocycles. The summed E-state index contributed by atoms with van der Waals surface area (Å²) in [6.07, 6.45) is 3.42. The Morgan fingerprint density at radius 3 is 2.58 bits per heavy atom. The normalized spacial score (nSPS) is 17.0. The maximum absolute atomic E-state index is 12.4. The second-order valence-corrected chi connectivity index (χ2v) is 5.74. The minimum Gasteiger partial charge on any atom is -0.326 e. The Hall–Kier alpha value is -3.02.